The second-order valence-electron chi connectivity index (χ2n) is 5.29. The lowest BCUT2D eigenvalue weighted by Gasteiger charge is -2.12. The van der Waals surface area contributed by atoms with Crippen LogP contribution >= 0.6 is 12.2 Å². The summed E-state index contributed by atoms with van der Waals surface area (Å²) in [5, 5.41) is 7.48. The predicted octanol–water partition coefficient (Wildman–Crippen LogP) is 3.62. The summed E-state index contributed by atoms with van der Waals surface area (Å²) in [6.07, 6.45) is 1.64. The topological polar surface area (TPSA) is 54.9 Å². The maximum Gasteiger partial charge on any atom is 0.186 e. The molecule has 0 saturated carbocycles. The van der Waals surface area contributed by atoms with E-state index in [2.05, 4.69) is 15.8 Å². The smallest absolute Gasteiger partial charge is 0.186 e. The molecule has 0 fully saturated rings. The molecule has 0 aliphatic heterocycles. The van der Waals surface area contributed by atoms with Crippen LogP contribution < -0.4 is 20.2 Å². The third kappa shape index (κ3) is 6.33. The van der Waals surface area contributed by atoms with E-state index in [1.165, 1.54) is 12.1 Å². The van der Waals surface area contributed by atoms with Gasteiger partial charge in [0.25, 0.3) is 0 Å². The van der Waals surface area contributed by atoms with Crippen LogP contribution in [0.1, 0.15) is 25.0 Å². The molecule has 138 valence electrons. The molecule has 0 bridgehead atoms. The minimum atomic E-state index is -0.286. The lowest BCUT2D eigenvalue weighted by atomic mass is 10.2. The highest BCUT2D eigenvalue weighted by molar-refractivity contribution is 7.80. The van der Waals surface area contributed by atoms with Gasteiger partial charge in [0.15, 0.2) is 16.6 Å². The highest BCUT2D eigenvalue weighted by Gasteiger charge is 2.07. The number of hydrogen-bond donors (Lipinski definition) is 2. The van der Waals surface area contributed by atoms with E-state index in [4.69, 9.17) is 21.7 Å². The molecule has 2 aromatic carbocycles. The summed E-state index contributed by atoms with van der Waals surface area (Å²) in [6.45, 7) is 5.33. The van der Waals surface area contributed by atoms with Gasteiger partial charge in [0, 0.05) is 6.54 Å². The molecule has 0 saturated heterocycles. The monoisotopic (exact) mass is 375 g/mol. The minimum Gasteiger partial charge on any atom is -0.490 e. The number of halogens is 1. The molecule has 2 aromatic rings. The van der Waals surface area contributed by atoms with Gasteiger partial charge in [0.1, 0.15) is 12.4 Å². The summed E-state index contributed by atoms with van der Waals surface area (Å²) < 4.78 is 24.7. The van der Waals surface area contributed by atoms with Crippen LogP contribution in [0.5, 0.6) is 11.5 Å². The number of benzene rings is 2. The highest BCUT2D eigenvalue weighted by atomic mass is 32.1. The minimum absolute atomic E-state index is 0.254. The summed E-state index contributed by atoms with van der Waals surface area (Å²) in [7, 11) is 0. The summed E-state index contributed by atoms with van der Waals surface area (Å²) in [5.41, 5.74) is 4.31. The van der Waals surface area contributed by atoms with Crippen LogP contribution in [0.3, 0.4) is 0 Å². The lowest BCUT2D eigenvalue weighted by molar-refractivity contribution is 0.269. The van der Waals surface area contributed by atoms with Crippen molar-refractivity contribution in [2.24, 2.45) is 5.10 Å². The van der Waals surface area contributed by atoms with Crippen molar-refractivity contribution in [2.45, 2.75) is 20.5 Å². The predicted molar refractivity (Wildman–Crippen MR) is 105 cm³/mol. The molecule has 0 heterocycles. The SMILES string of the molecule is CCNC(=S)N/N=C\c1ccc(OCc2cccc(F)c2)c(OCC)c1. The number of hydrogen-bond acceptors (Lipinski definition) is 4. The largest absolute Gasteiger partial charge is 0.490 e. The van der Waals surface area contributed by atoms with Crippen molar-refractivity contribution in [1.82, 2.24) is 10.7 Å². The van der Waals surface area contributed by atoms with Gasteiger partial charge in [-0.1, -0.05) is 12.1 Å². The van der Waals surface area contributed by atoms with Gasteiger partial charge in [0.2, 0.25) is 0 Å². The van der Waals surface area contributed by atoms with Crippen molar-refractivity contribution in [3.05, 3.63) is 59.4 Å². The van der Waals surface area contributed by atoms with Crippen LogP contribution in [0.15, 0.2) is 47.6 Å². The van der Waals surface area contributed by atoms with E-state index < -0.39 is 0 Å². The van der Waals surface area contributed by atoms with E-state index in [9.17, 15) is 4.39 Å². The Bertz CT molecular complexity index is 768. The third-order valence-electron chi connectivity index (χ3n) is 3.27. The molecule has 2 rings (SSSR count). The van der Waals surface area contributed by atoms with Crippen molar-refractivity contribution in [1.29, 1.82) is 0 Å². The van der Waals surface area contributed by atoms with Gasteiger partial charge in [-0.15, -0.1) is 0 Å². The van der Waals surface area contributed by atoms with E-state index in [0.717, 1.165) is 17.7 Å². The van der Waals surface area contributed by atoms with Crippen molar-refractivity contribution < 1.29 is 13.9 Å². The first-order chi connectivity index (χ1) is 12.6. The molecule has 0 aromatic heterocycles. The molecule has 0 radical (unpaired) electrons. The number of thiocarbonyl (C=S) groups is 1. The van der Waals surface area contributed by atoms with E-state index in [1.807, 2.05) is 32.0 Å². The zero-order valence-electron chi connectivity index (χ0n) is 14.8. The molecule has 0 amide bonds. The molecule has 5 nitrogen and oxygen atoms in total. The average Bonchev–Trinajstić information content (AvgIpc) is 2.62. The van der Waals surface area contributed by atoms with E-state index in [-0.39, 0.29) is 12.4 Å². The molecule has 0 aliphatic rings. The van der Waals surface area contributed by atoms with Crippen LogP contribution in [-0.2, 0) is 6.61 Å². The molecular formula is C19H22FN3O2S. The second kappa shape index (κ2) is 10.4. The Balaban J connectivity index is 2.05. The fourth-order valence-corrected chi connectivity index (χ4v) is 2.34. The van der Waals surface area contributed by atoms with Gasteiger partial charge < -0.3 is 14.8 Å². The first kappa shape index (κ1) is 19.7. The Labute approximate surface area is 158 Å². The van der Waals surface area contributed by atoms with Crippen molar-refractivity contribution in [3.63, 3.8) is 0 Å². The number of rotatable bonds is 8. The van der Waals surface area contributed by atoms with E-state index in [0.29, 0.717) is 23.2 Å². The van der Waals surface area contributed by atoms with Gasteiger partial charge in [-0.25, -0.2) is 4.39 Å². The van der Waals surface area contributed by atoms with Crippen LogP contribution in [0.25, 0.3) is 0 Å². The Kier molecular flexibility index (Phi) is 7.82. The second-order valence-corrected chi connectivity index (χ2v) is 5.70. The number of nitrogens with zero attached hydrogens (tertiary/aromatic N) is 1. The molecule has 0 unspecified atom stereocenters. The van der Waals surface area contributed by atoms with Crippen molar-refractivity contribution in [3.8, 4) is 11.5 Å². The fourth-order valence-electron chi connectivity index (χ4n) is 2.15. The maximum absolute atomic E-state index is 13.3. The van der Waals surface area contributed by atoms with Crippen LogP contribution in [0.4, 0.5) is 4.39 Å². The maximum atomic E-state index is 13.3. The Morgan fingerprint density at radius 1 is 1.15 bits per heavy atom. The molecule has 7 heteroatoms. The van der Waals surface area contributed by atoms with Crippen molar-refractivity contribution in [2.75, 3.05) is 13.2 Å². The Morgan fingerprint density at radius 2 is 2.00 bits per heavy atom. The summed E-state index contributed by atoms with van der Waals surface area (Å²) in [6, 6.07) is 11.8. The average molecular weight is 375 g/mol. The quantitative estimate of drug-likeness (QED) is 0.419. The highest BCUT2D eigenvalue weighted by Crippen LogP contribution is 2.29. The first-order valence-corrected chi connectivity index (χ1v) is 8.74. The summed E-state index contributed by atoms with van der Waals surface area (Å²) in [4.78, 5) is 0. The number of nitrogens with one attached hydrogen (secondary N) is 2. The van der Waals surface area contributed by atoms with E-state index >= 15 is 0 Å². The van der Waals surface area contributed by atoms with Gasteiger partial charge in [-0.2, -0.15) is 5.10 Å². The Hall–Kier alpha value is -2.67. The van der Waals surface area contributed by atoms with Gasteiger partial charge in [-0.05, 0) is 67.5 Å². The van der Waals surface area contributed by atoms with Gasteiger partial charge >= 0.3 is 0 Å². The third-order valence-corrected chi connectivity index (χ3v) is 3.50. The molecule has 0 atom stereocenters. The summed E-state index contributed by atoms with van der Waals surface area (Å²) >= 11 is 5.04. The molecule has 0 spiro atoms. The molecule has 2 N–H and O–H groups in total. The fraction of sp³-hybridized carbons (Fsp3) is 0.263. The Morgan fingerprint density at radius 3 is 2.73 bits per heavy atom. The summed E-state index contributed by atoms with van der Waals surface area (Å²) in [5.74, 6) is 0.900. The van der Waals surface area contributed by atoms with Crippen LogP contribution in [0.2, 0.25) is 0 Å². The first-order valence-electron chi connectivity index (χ1n) is 8.33. The number of hydrazone groups is 1. The zero-order valence-corrected chi connectivity index (χ0v) is 15.6. The van der Waals surface area contributed by atoms with Gasteiger partial charge in [-0.3, -0.25) is 5.43 Å². The normalized spacial score (nSPS) is 10.6. The lowest BCUT2D eigenvalue weighted by Crippen LogP contribution is -2.31. The van der Waals surface area contributed by atoms with Crippen LogP contribution in [-0.4, -0.2) is 24.5 Å². The van der Waals surface area contributed by atoms with Gasteiger partial charge in [0.05, 0.1) is 12.8 Å². The van der Waals surface area contributed by atoms with E-state index in [1.54, 1.807) is 18.3 Å². The molecule has 26 heavy (non-hydrogen) atoms. The zero-order chi connectivity index (χ0) is 18.8. The molecule has 0 aliphatic carbocycles. The van der Waals surface area contributed by atoms with Crippen molar-refractivity contribution >= 4 is 23.5 Å². The van der Waals surface area contributed by atoms with Crippen LogP contribution in [0, 0.1) is 5.82 Å². The molecular weight excluding hydrogens is 353 g/mol. The number of ether oxygens (including phenoxy) is 2. The standard InChI is InChI=1S/C19H22FN3O2S/c1-3-21-19(26)23-22-12-14-8-9-17(18(11-14)24-4-2)25-13-15-6-5-7-16(20)10-15/h5-12H,3-4,13H2,1-2H3,(H2,21,23,26)/b22-12-.